The summed E-state index contributed by atoms with van der Waals surface area (Å²) in [5.74, 6) is 0.893. The summed E-state index contributed by atoms with van der Waals surface area (Å²) in [6.07, 6.45) is 0. The van der Waals surface area contributed by atoms with Crippen LogP contribution in [-0.4, -0.2) is 25.6 Å². The number of para-hydroxylation sites is 1. The summed E-state index contributed by atoms with van der Waals surface area (Å²) < 4.78 is 1.89. The molecule has 0 fully saturated rings. The first-order chi connectivity index (χ1) is 16.0. The Balaban J connectivity index is 1.52. The van der Waals surface area contributed by atoms with Gasteiger partial charge in [0.2, 0.25) is 0 Å². The molecule has 0 saturated heterocycles. The maximum Gasteiger partial charge on any atom is 0.269 e. The van der Waals surface area contributed by atoms with E-state index in [0.717, 1.165) is 11.3 Å². The van der Waals surface area contributed by atoms with Crippen molar-refractivity contribution in [2.45, 2.75) is 17.5 Å². The van der Waals surface area contributed by atoms with Gasteiger partial charge in [0.05, 0.1) is 11.5 Å². The van der Waals surface area contributed by atoms with E-state index in [2.05, 4.69) is 15.5 Å². The fraction of sp³-hybridized carbons (Fsp3) is 0.0870. The minimum atomic E-state index is -0.423. The molecule has 33 heavy (non-hydrogen) atoms. The van der Waals surface area contributed by atoms with E-state index in [-0.39, 0.29) is 18.1 Å². The zero-order valence-electron chi connectivity index (χ0n) is 17.2. The van der Waals surface area contributed by atoms with Gasteiger partial charge in [-0.25, -0.2) is 0 Å². The van der Waals surface area contributed by atoms with Crippen molar-refractivity contribution in [1.29, 1.82) is 0 Å². The Kier molecular flexibility index (Phi) is 7.01. The lowest BCUT2D eigenvalue weighted by Gasteiger charge is -2.11. The second-order valence-corrected chi connectivity index (χ2v) is 8.35. The van der Waals surface area contributed by atoms with E-state index in [4.69, 9.17) is 11.6 Å². The van der Waals surface area contributed by atoms with Crippen LogP contribution in [0.25, 0.3) is 5.69 Å². The van der Waals surface area contributed by atoms with Gasteiger partial charge in [-0.1, -0.05) is 53.7 Å². The molecule has 1 aromatic heterocycles. The Hall–Kier alpha value is -3.69. The third-order valence-electron chi connectivity index (χ3n) is 4.74. The average Bonchev–Trinajstić information content (AvgIpc) is 3.25. The number of nitro benzene ring substituents is 1. The molecular weight excluding hydrogens is 462 g/mol. The highest BCUT2D eigenvalue weighted by Crippen LogP contribution is 2.26. The minimum absolute atomic E-state index is 0.0508. The molecule has 4 rings (SSSR count). The van der Waals surface area contributed by atoms with Crippen LogP contribution >= 0.6 is 23.4 Å². The molecule has 0 aliphatic heterocycles. The number of halogens is 1. The summed E-state index contributed by atoms with van der Waals surface area (Å²) >= 11 is 7.35. The van der Waals surface area contributed by atoms with Gasteiger partial charge in [0.1, 0.15) is 0 Å². The van der Waals surface area contributed by atoms with E-state index in [9.17, 15) is 14.9 Å². The Morgan fingerprint density at radius 2 is 1.70 bits per heavy atom. The smallest absolute Gasteiger partial charge is 0.269 e. The van der Waals surface area contributed by atoms with Crippen molar-refractivity contribution in [3.63, 3.8) is 0 Å². The normalized spacial score (nSPS) is 10.7. The first-order valence-corrected chi connectivity index (χ1v) is 11.3. The van der Waals surface area contributed by atoms with Crippen molar-refractivity contribution in [2.24, 2.45) is 0 Å². The third-order valence-corrected chi connectivity index (χ3v) is 6.00. The van der Waals surface area contributed by atoms with Gasteiger partial charge in [-0.2, -0.15) is 0 Å². The Morgan fingerprint density at radius 1 is 1.00 bits per heavy atom. The van der Waals surface area contributed by atoms with E-state index in [1.54, 1.807) is 36.4 Å². The van der Waals surface area contributed by atoms with Gasteiger partial charge in [-0.15, -0.1) is 10.2 Å². The second kappa shape index (κ2) is 10.3. The molecule has 0 unspecified atom stereocenters. The highest BCUT2D eigenvalue weighted by Gasteiger charge is 2.16. The molecule has 0 radical (unpaired) electrons. The van der Waals surface area contributed by atoms with Gasteiger partial charge < -0.3 is 5.32 Å². The number of non-ortho nitro benzene ring substituents is 1. The predicted molar refractivity (Wildman–Crippen MR) is 127 cm³/mol. The number of aromatic nitrogens is 3. The van der Waals surface area contributed by atoms with Crippen LogP contribution in [0, 0.1) is 10.1 Å². The second-order valence-electron chi connectivity index (χ2n) is 6.97. The highest BCUT2D eigenvalue weighted by molar-refractivity contribution is 7.98. The first-order valence-electron chi connectivity index (χ1n) is 9.91. The van der Waals surface area contributed by atoms with Gasteiger partial charge in [0, 0.05) is 34.2 Å². The van der Waals surface area contributed by atoms with Gasteiger partial charge >= 0.3 is 0 Å². The lowest BCUT2D eigenvalue weighted by atomic mass is 10.2. The zero-order valence-corrected chi connectivity index (χ0v) is 18.8. The molecule has 4 aromatic rings. The molecule has 1 amide bonds. The molecular formula is C23H18ClN5O3S. The van der Waals surface area contributed by atoms with Crippen molar-refractivity contribution in [3.05, 3.63) is 111 Å². The summed E-state index contributed by atoms with van der Waals surface area (Å²) in [5.41, 5.74) is 2.34. The van der Waals surface area contributed by atoms with Crippen molar-refractivity contribution in [3.8, 4) is 5.69 Å². The molecule has 166 valence electrons. The molecule has 10 heteroatoms. The van der Waals surface area contributed by atoms with E-state index in [1.165, 1.54) is 23.9 Å². The summed E-state index contributed by atoms with van der Waals surface area (Å²) in [5, 5.41) is 23.5. The van der Waals surface area contributed by atoms with Gasteiger partial charge in [0.15, 0.2) is 11.0 Å². The van der Waals surface area contributed by atoms with E-state index >= 15 is 0 Å². The molecule has 8 nitrogen and oxygen atoms in total. The van der Waals surface area contributed by atoms with Crippen LogP contribution in [0.1, 0.15) is 21.7 Å². The van der Waals surface area contributed by atoms with Crippen LogP contribution in [0.3, 0.4) is 0 Å². The quantitative estimate of drug-likeness (QED) is 0.215. The Morgan fingerprint density at radius 3 is 2.36 bits per heavy atom. The number of thioether (sulfide) groups is 1. The Labute approximate surface area is 198 Å². The number of carbonyl (C=O) groups excluding carboxylic acids is 1. The van der Waals surface area contributed by atoms with Crippen LogP contribution in [-0.2, 0) is 12.3 Å². The Bertz CT molecular complexity index is 1260. The van der Waals surface area contributed by atoms with Crippen molar-refractivity contribution in [2.75, 3.05) is 0 Å². The van der Waals surface area contributed by atoms with Crippen molar-refractivity contribution < 1.29 is 9.72 Å². The van der Waals surface area contributed by atoms with Crippen LogP contribution in [0.2, 0.25) is 5.02 Å². The number of hydrogen-bond donors (Lipinski definition) is 1. The van der Waals surface area contributed by atoms with Crippen molar-refractivity contribution in [1.82, 2.24) is 20.1 Å². The average molecular weight is 480 g/mol. The van der Waals surface area contributed by atoms with Gasteiger partial charge in [-0.05, 0) is 42.0 Å². The maximum absolute atomic E-state index is 12.5. The van der Waals surface area contributed by atoms with Crippen LogP contribution in [0.4, 0.5) is 5.69 Å². The topological polar surface area (TPSA) is 103 Å². The monoisotopic (exact) mass is 479 g/mol. The minimum Gasteiger partial charge on any atom is -0.345 e. The van der Waals surface area contributed by atoms with E-state index in [1.807, 2.05) is 34.9 Å². The molecule has 0 saturated carbocycles. The van der Waals surface area contributed by atoms with Gasteiger partial charge in [-0.3, -0.25) is 19.5 Å². The number of amides is 1. The summed E-state index contributed by atoms with van der Waals surface area (Å²) in [6, 6.07) is 22.7. The number of nitrogens with one attached hydrogen (secondary N) is 1. The van der Waals surface area contributed by atoms with Crippen LogP contribution < -0.4 is 5.32 Å². The SMILES string of the molecule is O=C(NCc1nnc(SCc2ccc([N+](=O)[O-])cc2)n1-c1ccccc1)c1ccc(Cl)cc1. The van der Waals surface area contributed by atoms with Crippen molar-refractivity contribution >= 4 is 35.0 Å². The standard InChI is InChI=1S/C23H18ClN5O3S/c24-18-10-8-17(9-11-18)22(30)25-14-21-26-27-23(28(21)19-4-2-1-3-5-19)33-15-16-6-12-20(13-7-16)29(31)32/h1-13H,14-15H2,(H,25,30). The summed E-state index contributed by atoms with van der Waals surface area (Å²) in [6.45, 7) is 0.182. The largest absolute Gasteiger partial charge is 0.345 e. The van der Waals surface area contributed by atoms with Crippen LogP contribution in [0.5, 0.6) is 0 Å². The van der Waals surface area contributed by atoms with Gasteiger partial charge in [0.25, 0.3) is 11.6 Å². The van der Waals surface area contributed by atoms with E-state index < -0.39 is 4.92 Å². The summed E-state index contributed by atoms with van der Waals surface area (Å²) in [4.78, 5) is 22.9. The maximum atomic E-state index is 12.5. The van der Waals surface area contributed by atoms with E-state index in [0.29, 0.717) is 27.3 Å². The zero-order chi connectivity index (χ0) is 23.2. The lowest BCUT2D eigenvalue weighted by molar-refractivity contribution is -0.384. The third kappa shape index (κ3) is 5.57. The number of carbonyl (C=O) groups is 1. The summed E-state index contributed by atoms with van der Waals surface area (Å²) in [7, 11) is 0. The molecule has 0 aliphatic carbocycles. The number of hydrogen-bond acceptors (Lipinski definition) is 6. The molecule has 1 N–H and O–H groups in total. The fourth-order valence-corrected chi connectivity index (χ4v) is 4.12. The molecule has 3 aromatic carbocycles. The molecule has 0 bridgehead atoms. The molecule has 0 spiro atoms. The number of rotatable bonds is 8. The molecule has 1 heterocycles. The number of nitrogens with zero attached hydrogens (tertiary/aromatic N) is 4. The first kappa shape index (κ1) is 22.5. The number of nitro groups is 1. The molecule has 0 aliphatic rings. The predicted octanol–water partition coefficient (Wildman–Crippen LogP) is 5.05. The molecule has 0 atom stereocenters. The van der Waals surface area contributed by atoms with Crippen LogP contribution in [0.15, 0.2) is 84.0 Å². The highest BCUT2D eigenvalue weighted by atomic mass is 35.5. The fourth-order valence-electron chi connectivity index (χ4n) is 3.07. The lowest BCUT2D eigenvalue weighted by Crippen LogP contribution is -2.24. The number of benzene rings is 3.